The van der Waals surface area contributed by atoms with Crippen LogP contribution in [0.25, 0.3) is 0 Å². The van der Waals surface area contributed by atoms with E-state index in [1.54, 1.807) is 12.5 Å². The van der Waals surface area contributed by atoms with Crippen molar-refractivity contribution in [1.29, 1.82) is 0 Å². The second-order valence-corrected chi connectivity index (χ2v) is 6.69. The van der Waals surface area contributed by atoms with Crippen LogP contribution in [0.2, 0.25) is 0 Å². The number of thiazole rings is 1. The summed E-state index contributed by atoms with van der Waals surface area (Å²) in [6, 6.07) is 5.60. The van der Waals surface area contributed by atoms with Crippen molar-refractivity contribution in [2.24, 2.45) is 5.92 Å². The van der Waals surface area contributed by atoms with Crippen LogP contribution in [0, 0.1) is 12.8 Å². The average molecular weight is 345 g/mol. The Morgan fingerprint density at radius 3 is 2.83 bits per heavy atom. The van der Waals surface area contributed by atoms with Crippen molar-refractivity contribution in [3.05, 3.63) is 34.8 Å². The number of aromatic nitrogens is 1. The molecule has 7 heteroatoms. The normalized spacial score (nSPS) is 13.4. The molecular formula is C17H19N3O3S. The van der Waals surface area contributed by atoms with Crippen LogP contribution >= 0.6 is 11.3 Å². The third-order valence-electron chi connectivity index (χ3n) is 3.70. The van der Waals surface area contributed by atoms with Gasteiger partial charge in [0.25, 0.3) is 0 Å². The number of nitrogens with one attached hydrogen (secondary N) is 2. The van der Waals surface area contributed by atoms with Crippen LogP contribution in [0.4, 0.5) is 10.8 Å². The van der Waals surface area contributed by atoms with Gasteiger partial charge in [0.15, 0.2) is 5.13 Å². The van der Waals surface area contributed by atoms with E-state index in [-0.39, 0.29) is 24.2 Å². The first kappa shape index (κ1) is 16.4. The number of anilines is 2. The van der Waals surface area contributed by atoms with E-state index in [4.69, 9.17) is 4.74 Å². The van der Waals surface area contributed by atoms with Gasteiger partial charge in [0.05, 0.1) is 24.9 Å². The quantitative estimate of drug-likeness (QED) is 0.843. The lowest BCUT2D eigenvalue weighted by molar-refractivity contribution is -0.117. The highest BCUT2D eigenvalue weighted by Crippen LogP contribution is 2.30. The molecule has 1 aromatic carbocycles. The van der Waals surface area contributed by atoms with Crippen LogP contribution in [0.15, 0.2) is 23.6 Å². The van der Waals surface area contributed by atoms with Crippen molar-refractivity contribution < 1.29 is 14.3 Å². The smallest absolute Gasteiger partial charge is 0.230 e. The first-order valence-corrected chi connectivity index (χ1v) is 8.63. The Kier molecular flexibility index (Phi) is 4.80. The Hall–Kier alpha value is -2.41. The molecule has 2 N–H and O–H groups in total. The van der Waals surface area contributed by atoms with Crippen LogP contribution in [0.3, 0.4) is 0 Å². The molecule has 0 atom stereocenters. The van der Waals surface area contributed by atoms with Crippen LogP contribution in [0.1, 0.15) is 24.1 Å². The molecule has 1 saturated carbocycles. The summed E-state index contributed by atoms with van der Waals surface area (Å²) in [6.07, 6.45) is 2.04. The number of carbonyl (C=O) groups excluding carboxylic acids is 2. The maximum Gasteiger partial charge on any atom is 0.230 e. The first-order chi connectivity index (χ1) is 11.5. The first-order valence-electron chi connectivity index (χ1n) is 7.75. The van der Waals surface area contributed by atoms with E-state index >= 15 is 0 Å². The van der Waals surface area contributed by atoms with Gasteiger partial charge < -0.3 is 15.4 Å². The summed E-state index contributed by atoms with van der Waals surface area (Å²) in [5.74, 6) is 0.591. The Morgan fingerprint density at radius 1 is 1.33 bits per heavy atom. The molecule has 1 aromatic heterocycles. The number of rotatable bonds is 6. The number of aryl methyl sites for hydroxylation is 1. The van der Waals surface area contributed by atoms with Gasteiger partial charge in [-0.1, -0.05) is 6.07 Å². The third kappa shape index (κ3) is 4.11. The minimum Gasteiger partial charge on any atom is -0.495 e. The van der Waals surface area contributed by atoms with E-state index in [2.05, 4.69) is 15.6 Å². The maximum absolute atomic E-state index is 12.2. The molecule has 0 saturated heterocycles. The summed E-state index contributed by atoms with van der Waals surface area (Å²) in [7, 11) is 1.57. The van der Waals surface area contributed by atoms with Gasteiger partial charge in [-0.2, -0.15) is 0 Å². The largest absolute Gasteiger partial charge is 0.495 e. The Balaban J connectivity index is 1.60. The Labute approximate surface area is 144 Å². The molecular weight excluding hydrogens is 326 g/mol. The van der Waals surface area contributed by atoms with Crippen LogP contribution in [-0.2, 0) is 16.0 Å². The van der Waals surface area contributed by atoms with E-state index in [1.165, 1.54) is 11.3 Å². The van der Waals surface area contributed by atoms with Crippen LogP contribution in [-0.4, -0.2) is 23.9 Å². The summed E-state index contributed by atoms with van der Waals surface area (Å²) in [4.78, 5) is 28.2. The molecule has 1 heterocycles. The molecule has 6 nitrogen and oxygen atoms in total. The highest BCUT2D eigenvalue weighted by molar-refractivity contribution is 7.13. The zero-order chi connectivity index (χ0) is 17.1. The van der Waals surface area contributed by atoms with Crippen molar-refractivity contribution in [3.8, 4) is 5.75 Å². The monoisotopic (exact) mass is 345 g/mol. The van der Waals surface area contributed by atoms with E-state index in [9.17, 15) is 9.59 Å². The molecule has 0 radical (unpaired) electrons. The highest BCUT2D eigenvalue weighted by atomic mass is 32.1. The molecule has 2 amide bonds. The SMILES string of the molecule is COc1ccc(C)cc1NC(=O)Cc1csc(NC(=O)C2CC2)n1. The fourth-order valence-electron chi connectivity index (χ4n) is 2.28. The second-order valence-electron chi connectivity index (χ2n) is 5.84. The summed E-state index contributed by atoms with van der Waals surface area (Å²) in [5, 5.41) is 7.96. The standard InChI is InChI=1S/C17H19N3O3S/c1-10-3-6-14(23-2)13(7-10)19-15(21)8-12-9-24-17(18-12)20-16(22)11-4-5-11/h3,6-7,9,11H,4-5,8H2,1-2H3,(H,19,21)(H,18,20,22). The number of nitrogens with zero attached hydrogens (tertiary/aromatic N) is 1. The topological polar surface area (TPSA) is 80.3 Å². The van der Waals surface area contributed by atoms with E-state index in [0.717, 1.165) is 18.4 Å². The van der Waals surface area contributed by atoms with E-state index < -0.39 is 0 Å². The summed E-state index contributed by atoms with van der Waals surface area (Å²) in [6.45, 7) is 1.95. The average Bonchev–Trinajstić information content (AvgIpc) is 3.30. The molecule has 1 fully saturated rings. The molecule has 1 aliphatic rings. The summed E-state index contributed by atoms with van der Waals surface area (Å²) >= 11 is 1.33. The molecule has 2 aromatic rings. The molecule has 1 aliphatic carbocycles. The van der Waals surface area contributed by atoms with Gasteiger partial charge in [-0.15, -0.1) is 11.3 Å². The summed E-state index contributed by atoms with van der Waals surface area (Å²) < 4.78 is 5.25. The maximum atomic E-state index is 12.2. The molecule has 0 aliphatic heterocycles. The minimum absolute atomic E-state index is 0.0184. The van der Waals surface area contributed by atoms with Crippen molar-refractivity contribution in [2.75, 3.05) is 17.7 Å². The van der Waals surface area contributed by atoms with E-state index in [1.807, 2.05) is 25.1 Å². The number of carbonyl (C=O) groups is 2. The van der Waals surface area contributed by atoms with Gasteiger partial charge in [0.2, 0.25) is 11.8 Å². The lowest BCUT2D eigenvalue weighted by atomic mass is 10.2. The molecule has 126 valence electrons. The highest BCUT2D eigenvalue weighted by Gasteiger charge is 2.30. The zero-order valence-electron chi connectivity index (χ0n) is 13.6. The van der Waals surface area contributed by atoms with Crippen molar-refractivity contribution in [2.45, 2.75) is 26.2 Å². The van der Waals surface area contributed by atoms with Crippen molar-refractivity contribution >= 4 is 34.0 Å². The number of ether oxygens (including phenoxy) is 1. The lowest BCUT2D eigenvalue weighted by Gasteiger charge is -2.10. The van der Waals surface area contributed by atoms with Gasteiger partial charge >= 0.3 is 0 Å². The number of hydrogen-bond acceptors (Lipinski definition) is 5. The van der Waals surface area contributed by atoms with Gasteiger partial charge in [0, 0.05) is 11.3 Å². The number of benzene rings is 1. The van der Waals surface area contributed by atoms with Crippen molar-refractivity contribution in [3.63, 3.8) is 0 Å². The second kappa shape index (κ2) is 7.00. The van der Waals surface area contributed by atoms with E-state index in [0.29, 0.717) is 22.3 Å². The molecule has 0 unspecified atom stereocenters. The van der Waals surface area contributed by atoms with Crippen LogP contribution < -0.4 is 15.4 Å². The third-order valence-corrected chi connectivity index (χ3v) is 4.51. The fourth-order valence-corrected chi connectivity index (χ4v) is 2.99. The fraction of sp³-hybridized carbons (Fsp3) is 0.353. The van der Waals surface area contributed by atoms with Crippen LogP contribution in [0.5, 0.6) is 5.75 Å². The number of methoxy groups -OCH3 is 1. The van der Waals surface area contributed by atoms with Crippen molar-refractivity contribution in [1.82, 2.24) is 4.98 Å². The number of hydrogen-bond donors (Lipinski definition) is 2. The lowest BCUT2D eigenvalue weighted by Crippen LogP contribution is -2.16. The van der Waals surface area contributed by atoms with Gasteiger partial charge in [0.1, 0.15) is 5.75 Å². The number of amides is 2. The summed E-state index contributed by atoms with van der Waals surface area (Å²) in [5.41, 5.74) is 2.31. The molecule has 0 spiro atoms. The predicted molar refractivity (Wildman–Crippen MR) is 93.5 cm³/mol. The van der Waals surface area contributed by atoms with Gasteiger partial charge in [-0.05, 0) is 37.5 Å². The minimum atomic E-state index is -0.177. The predicted octanol–water partition coefficient (Wildman–Crippen LogP) is 2.99. The molecule has 0 bridgehead atoms. The molecule has 24 heavy (non-hydrogen) atoms. The Bertz CT molecular complexity index is 768. The Morgan fingerprint density at radius 2 is 2.12 bits per heavy atom. The van der Waals surface area contributed by atoms with Gasteiger partial charge in [-0.25, -0.2) is 4.98 Å². The zero-order valence-corrected chi connectivity index (χ0v) is 14.4. The van der Waals surface area contributed by atoms with Gasteiger partial charge in [-0.3, -0.25) is 9.59 Å². The molecule has 3 rings (SSSR count).